The van der Waals surface area contributed by atoms with Crippen LogP contribution in [0.4, 0.5) is 11.4 Å². The SMILES string of the molecule is CCCCOc1ccc(C(=O)NC(=S)Nc2cc([N+](=O)[O-])ccc2O)cc1. The summed E-state index contributed by atoms with van der Waals surface area (Å²) in [7, 11) is 0. The average molecular weight is 389 g/mol. The molecule has 0 fully saturated rings. The van der Waals surface area contributed by atoms with Gasteiger partial charge in [-0.15, -0.1) is 0 Å². The maximum atomic E-state index is 12.2. The molecule has 0 radical (unpaired) electrons. The molecule has 9 heteroatoms. The van der Waals surface area contributed by atoms with Crippen molar-refractivity contribution in [3.63, 3.8) is 0 Å². The second kappa shape index (κ2) is 9.48. The summed E-state index contributed by atoms with van der Waals surface area (Å²) in [5.41, 5.74) is 0.169. The van der Waals surface area contributed by atoms with Gasteiger partial charge in [-0.25, -0.2) is 0 Å². The molecule has 0 heterocycles. The Morgan fingerprint density at radius 2 is 1.96 bits per heavy atom. The molecule has 0 unspecified atom stereocenters. The highest BCUT2D eigenvalue weighted by molar-refractivity contribution is 7.80. The molecule has 0 aliphatic rings. The van der Waals surface area contributed by atoms with Crippen molar-refractivity contribution in [1.29, 1.82) is 0 Å². The van der Waals surface area contributed by atoms with E-state index in [4.69, 9.17) is 17.0 Å². The summed E-state index contributed by atoms with van der Waals surface area (Å²) >= 11 is 5.03. The van der Waals surface area contributed by atoms with E-state index in [1.165, 1.54) is 6.07 Å². The fourth-order valence-corrected chi connectivity index (χ4v) is 2.31. The third kappa shape index (κ3) is 5.93. The predicted molar refractivity (Wildman–Crippen MR) is 105 cm³/mol. The number of anilines is 1. The standard InChI is InChI=1S/C18H19N3O5S/c1-2-3-10-26-14-7-4-12(5-8-14)17(23)20-18(27)19-15-11-13(21(24)25)6-9-16(15)22/h4-9,11,22H,2-3,10H2,1H3,(H2,19,20,23,27). The molecule has 0 saturated heterocycles. The Bertz CT molecular complexity index is 839. The number of phenols is 1. The summed E-state index contributed by atoms with van der Waals surface area (Å²) in [6.07, 6.45) is 1.98. The number of benzene rings is 2. The third-order valence-electron chi connectivity index (χ3n) is 3.55. The van der Waals surface area contributed by atoms with Gasteiger partial charge in [0.05, 0.1) is 17.2 Å². The summed E-state index contributed by atoms with van der Waals surface area (Å²) in [6.45, 7) is 2.68. The summed E-state index contributed by atoms with van der Waals surface area (Å²) in [6, 6.07) is 10.0. The Hall–Kier alpha value is -3.20. The number of thiocarbonyl (C=S) groups is 1. The number of phenolic OH excluding ortho intramolecular Hbond substituents is 1. The van der Waals surface area contributed by atoms with Gasteiger partial charge in [0.15, 0.2) is 5.11 Å². The Kier molecular flexibility index (Phi) is 7.07. The van der Waals surface area contributed by atoms with Crippen LogP contribution in [0.25, 0.3) is 0 Å². The molecule has 2 aromatic carbocycles. The van der Waals surface area contributed by atoms with E-state index in [1.807, 2.05) is 0 Å². The number of amides is 1. The van der Waals surface area contributed by atoms with Gasteiger partial charge in [-0.2, -0.15) is 0 Å². The molecule has 142 valence electrons. The predicted octanol–water partition coefficient (Wildman–Crippen LogP) is 3.61. The lowest BCUT2D eigenvalue weighted by atomic mass is 10.2. The molecule has 0 aliphatic heterocycles. The van der Waals surface area contributed by atoms with Gasteiger partial charge in [-0.3, -0.25) is 20.2 Å². The zero-order valence-corrected chi connectivity index (χ0v) is 15.4. The molecule has 27 heavy (non-hydrogen) atoms. The smallest absolute Gasteiger partial charge is 0.271 e. The maximum Gasteiger partial charge on any atom is 0.271 e. The zero-order valence-electron chi connectivity index (χ0n) is 14.6. The monoisotopic (exact) mass is 389 g/mol. The number of hydrogen-bond acceptors (Lipinski definition) is 6. The first-order chi connectivity index (χ1) is 12.9. The Balaban J connectivity index is 1.96. The van der Waals surface area contributed by atoms with Gasteiger partial charge in [-0.05, 0) is 49.0 Å². The highest BCUT2D eigenvalue weighted by Crippen LogP contribution is 2.27. The molecule has 0 aromatic heterocycles. The van der Waals surface area contributed by atoms with E-state index in [0.29, 0.717) is 17.9 Å². The molecule has 0 spiro atoms. The van der Waals surface area contributed by atoms with E-state index in [2.05, 4.69) is 17.6 Å². The van der Waals surface area contributed by atoms with Crippen LogP contribution >= 0.6 is 12.2 Å². The Morgan fingerprint density at radius 3 is 2.59 bits per heavy atom. The van der Waals surface area contributed by atoms with E-state index < -0.39 is 10.8 Å². The van der Waals surface area contributed by atoms with Crippen LogP contribution in [0.15, 0.2) is 42.5 Å². The van der Waals surface area contributed by atoms with Crippen LogP contribution in [0.2, 0.25) is 0 Å². The van der Waals surface area contributed by atoms with Crippen molar-refractivity contribution in [2.45, 2.75) is 19.8 Å². The number of rotatable bonds is 7. The largest absolute Gasteiger partial charge is 0.506 e. The molecule has 0 bridgehead atoms. The van der Waals surface area contributed by atoms with E-state index in [0.717, 1.165) is 25.0 Å². The fourth-order valence-electron chi connectivity index (χ4n) is 2.10. The molecule has 2 rings (SSSR count). The third-order valence-corrected chi connectivity index (χ3v) is 3.75. The van der Waals surface area contributed by atoms with Gasteiger partial charge in [0.1, 0.15) is 11.5 Å². The van der Waals surface area contributed by atoms with Crippen LogP contribution in [-0.2, 0) is 0 Å². The molecular formula is C18H19N3O5S. The van der Waals surface area contributed by atoms with Gasteiger partial charge < -0.3 is 15.2 Å². The highest BCUT2D eigenvalue weighted by atomic mass is 32.1. The highest BCUT2D eigenvalue weighted by Gasteiger charge is 2.13. The first-order valence-electron chi connectivity index (χ1n) is 8.23. The number of aromatic hydroxyl groups is 1. The van der Waals surface area contributed by atoms with Gasteiger partial charge >= 0.3 is 0 Å². The van der Waals surface area contributed by atoms with Crippen molar-refractivity contribution in [3.8, 4) is 11.5 Å². The van der Waals surface area contributed by atoms with Gasteiger partial charge in [0.25, 0.3) is 11.6 Å². The molecule has 0 atom stereocenters. The molecule has 1 amide bonds. The van der Waals surface area contributed by atoms with Crippen LogP contribution in [0.5, 0.6) is 11.5 Å². The second-order valence-electron chi connectivity index (χ2n) is 5.59. The summed E-state index contributed by atoms with van der Waals surface area (Å²) in [4.78, 5) is 22.4. The van der Waals surface area contributed by atoms with Crippen molar-refractivity contribution < 1.29 is 19.6 Å². The van der Waals surface area contributed by atoms with Gasteiger partial charge in [0, 0.05) is 17.7 Å². The molecule has 2 aromatic rings. The van der Waals surface area contributed by atoms with E-state index >= 15 is 0 Å². The van der Waals surface area contributed by atoms with Gasteiger partial charge in [0.2, 0.25) is 0 Å². The normalized spacial score (nSPS) is 10.1. The average Bonchev–Trinajstić information content (AvgIpc) is 2.64. The van der Waals surface area contributed by atoms with Crippen molar-refractivity contribution in [1.82, 2.24) is 5.32 Å². The maximum absolute atomic E-state index is 12.2. The number of non-ortho nitro benzene ring substituents is 1. The van der Waals surface area contributed by atoms with Crippen LogP contribution in [0.1, 0.15) is 30.1 Å². The lowest BCUT2D eigenvalue weighted by Crippen LogP contribution is -2.34. The summed E-state index contributed by atoms with van der Waals surface area (Å²) in [5.74, 6) is -0.0227. The molecule has 0 aliphatic carbocycles. The lowest BCUT2D eigenvalue weighted by molar-refractivity contribution is -0.384. The number of unbranched alkanes of at least 4 members (excludes halogenated alkanes) is 1. The lowest BCUT2D eigenvalue weighted by Gasteiger charge is -2.11. The first kappa shape index (κ1) is 20.1. The van der Waals surface area contributed by atoms with Gasteiger partial charge in [-0.1, -0.05) is 13.3 Å². The van der Waals surface area contributed by atoms with E-state index in [1.54, 1.807) is 24.3 Å². The van der Waals surface area contributed by atoms with Crippen molar-refractivity contribution >= 4 is 34.6 Å². The number of nitrogens with one attached hydrogen (secondary N) is 2. The fraction of sp³-hybridized carbons (Fsp3) is 0.222. The Labute approximate surface area is 161 Å². The topological polar surface area (TPSA) is 114 Å². The minimum atomic E-state index is -0.601. The first-order valence-corrected chi connectivity index (χ1v) is 8.64. The van der Waals surface area contributed by atoms with Crippen LogP contribution < -0.4 is 15.4 Å². The number of carbonyl (C=O) groups excluding carboxylic acids is 1. The van der Waals surface area contributed by atoms with E-state index in [-0.39, 0.29) is 22.2 Å². The molecular weight excluding hydrogens is 370 g/mol. The number of hydrogen-bond donors (Lipinski definition) is 3. The van der Waals surface area contributed by atoms with Crippen LogP contribution in [0, 0.1) is 10.1 Å². The van der Waals surface area contributed by atoms with Crippen LogP contribution in [0.3, 0.4) is 0 Å². The number of nitrogens with zero attached hydrogens (tertiary/aromatic N) is 1. The summed E-state index contributed by atoms with van der Waals surface area (Å²) in [5, 5.41) is 25.5. The molecule has 8 nitrogen and oxygen atoms in total. The molecule has 3 N–H and O–H groups in total. The van der Waals surface area contributed by atoms with Crippen molar-refractivity contribution in [3.05, 3.63) is 58.1 Å². The minimum absolute atomic E-state index is 0.0224. The van der Waals surface area contributed by atoms with E-state index in [9.17, 15) is 20.0 Å². The minimum Gasteiger partial charge on any atom is -0.506 e. The quantitative estimate of drug-likeness (QED) is 0.218. The van der Waals surface area contributed by atoms with Crippen molar-refractivity contribution in [2.75, 3.05) is 11.9 Å². The van der Waals surface area contributed by atoms with Crippen LogP contribution in [-0.4, -0.2) is 27.7 Å². The van der Waals surface area contributed by atoms with Crippen molar-refractivity contribution in [2.24, 2.45) is 0 Å². The zero-order chi connectivity index (χ0) is 19.8. The number of nitro groups is 1. The number of nitro benzene ring substituents is 1. The number of carbonyl (C=O) groups is 1. The summed E-state index contributed by atoms with van der Waals surface area (Å²) < 4.78 is 5.53. The molecule has 0 saturated carbocycles. The Morgan fingerprint density at radius 1 is 1.26 bits per heavy atom. The second-order valence-corrected chi connectivity index (χ2v) is 6.00. The number of ether oxygens (including phenoxy) is 1.